The van der Waals surface area contributed by atoms with Gasteiger partial charge in [0.15, 0.2) is 0 Å². The van der Waals surface area contributed by atoms with Gasteiger partial charge in [-0.25, -0.2) is 0 Å². The van der Waals surface area contributed by atoms with Crippen LogP contribution in [-0.4, -0.2) is 10.7 Å². The van der Waals surface area contributed by atoms with E-state index in [1.54, 1.807) is 23.9 Å². The Bertz CT molecular complexity index is 365. The van der Waals surface area contributed by atoms with Gasteiger partial charge in [0, 0.05) is 17.0 Å². The summed E-state index contributed by atoms with van der Waals surface area (Å²) in [6, 6.07) is 6.80. The van der Waals surface area contributed by atoms with Gasteiger partial charge in [0.05, 0.1) is 4.92 Å². The van der Waals surface area contributed by atoms with E-state index in [1.807, 2.05) is 12.1 Å². The first-order valence-electron chi connectivity index (χ1n) is 6.50. The summed E-state index contributed by atoms with van der Waals surface area (Å²) in [6.07, 6.45) is 5.05. The van der Waals surface area contributed by atoms with Crippen LogP contribution in [0.5, 0.6) is 0 Å². The zero-order valence-electron chi connectivity index (χ0n) is 11.1. The molecule has 0 heterocycles. The lowest BCUT2D eigenvalue weighted by atomic mass is 10.0. The molecule has 0 aliphatic heterocycles. The van der Waals surface area contributed by atoms with Gasteiger partial charge < -0.3 is 0 Å². The summed E-state index contributed by atoms with van der Waals surface area (Å²) in [5.74, 6) is 1.92. The van der Waals surface area contributed by atoms with Gasteiger partial charge in [0.1, 0.15) is 0 Å². The molecule has 0 saturated heterocycles. The molecule has 0 aliphatic rings. The Morgan fingerprint density at radius 2 is 1.94 bits per heavy atom. The first kappa shape index (κ1) is 15.0. The number of nitro benzene ring substituents is 1. The second-order valence-corrected chi connectivity index (χ2v) is 5.78. The van der Waals surface area contributed by atoms with Crippen LogP contribution in [0.2, 0.25) is 0 Å². The van der Waals surface area contributed by atoms with Crippen LogP contribution in [0.4, 0.5) is 5.69 Å². The number of unbranched alkanes of at least 4 members (excludes halogenated alkanes) is 1. The number of thioether (sulfide) groups is 1. The van der Waals surface area contributed by atoms with E-state index in [4.69, 9.17) is 0 Å². The van der Waals surface area contributed by atoms with Crippen molar-refractivity contribution in [3.05, 3.63) is 34.4 Å². The van der Waals surface area contributed by atoms with Gasteiger partial charge in [0.25, 0.3) is 5.69 Å². The van der Waals surface area contributed by atoms with Crippen LogP contribution in [0.3, 0.4) is 0 Å². The Labute approximate surface area is 113 Å². The lowest BCUT2D eigenvalue weighted by Gasteiger charge is -2.07. The van der Waals surface area contributed by atoms with Gasteiger partial charge in [-0.2, -0.15) is 0 Å². The number of hydrogen-bond donors (Lipinski definition) is 0. The molecule has 0 spiro atoms. The van der Waals surface area contributed by atoms with E-state index < -0.39 is 0 Å². The second kappa shape index (κ2) is 8.14. The van der Waals surface area contributed by atoms with Crippen LogP contribution in [0.25, 0.3) is 0 Å². The summed E-state index contributed by atoms with van der Waals surface area (Å²) >= 11 is 1.78. The molecule has 0 saturated carbocycles. The second-order valence-electron chi connectivity index (χ2n) is 4.61. The fourth-order valence-corrected chi connectivity index (χ4v) is 2.57. The molecule has 3 nitrogen and oxygen atoms in total. The zero-order valence-corrected chi connectivity index (χ0v) is 11.9. The summed E-state index contributed by atoms with van der Waals surface area (Å²) in [5.41, 5.74) is 0.163. The SMILES string of the molecule is CC[C@@H](C)CCCCSc1ccc([N+](=O)[O-])cc1. The number of nitro groups is 1. The van der Waals surface area contributed by atoms with Crippen molar-refractivity contribution in [2.45, 2.75) is 44.4 Å². The molecule has 0 unspecified atom stereocenters. The number of nitrogens with zero attached hydrogens (tertiary/aromatic N) is 1. The van der Waals surface area contributed by atoms with Crippen molar-refractivity contribution in [1.82, 2.24) is 0 Å². The zero-order chi connectivity index (χ0) is 13.4. The Balaban J connectivity index is 2.21. The maximum Gasteiger partial charge on any atom is 0.269 e. The molecule has 0 aliphatic carbocycles. The highest BCUT2D eigenvalue weighted by Crippen LogP contribution is 2.23. The Hall–Kier alpha value is -1.03. The topological polar surface area (TPSA) is 43.1 Å². The van der Waals surface area contributed by atoms with Crippen molar-refractivity contribution in [3.8, 4) is 0 Å². The van der Waals surface area contributed by atoms with Crippen molar-refractivity contribution < 1.29 is 4.92 Å². The van der Waals surface area contributed by atoms with Gasteiger partial charge in [-0.1, -0.05) is 33.1 Å². The maximum atomic E-state index is 10.5. The molecule has 0 N–H and O–H groups in total. The Morgan fingerprint density at radius 1 is 1.28 bits per heavy atom. The number of benzene rings is 1. The normalized spacial score (nSPS) is 12.3. The van der Waals surface area contributed by atoms with Gasteiger partial charge >= 0.3 is 0 Å². The van der Waals surface area contributed by atoms with Crippen LogP contribution in [0, 0.1) is 16.0 Å². The van der Waals surface area contributed by atoms with Gasteiger partial charge in [-0.05, 0) is 30.2 Å². The highest BCUT2D eigenvalue weighted by Gasteiger charge is 2.04. The van der Waals surface area contributed by atoms with E-state index in [0.29, 0.717) is 0 Å². The Morgan fingerprint density at radius 3 is 2.50 bits per heavy atom. The number of hydrogen-bond acceptors (Lipinski definition) is 3. The molecule has 18 heavy (non-hydrogen) atoms. The summed E-state index contributed by atoms with van der Waals surface area (Å²) in [5, 5.41) is 10.5. The number of non-ortho nitro benzene ring substituents is 1. The largest absolute Gasteiger partial charge is 0.269 e. The van der Waals surface area contributed by atoms with Gasteiger partial charge in [-0.3, -0.25) is 10.1 Å². The van der Waals surface area contributed by atoms with E-state index in [0.717, 1.165) is 16.6 Å². The van der Waals surface area contributed by atoms with Crippen molar-refractivity contribution in [2.24, 2.45) is 5.92 Å². The van der Waals surface area contributed by atoms with Crippen LogP contribution < -0.4 is 0 Å². The summed E-state index contributed by atoms with van der Waals surface area (Å²) in [6.45, 7) is 4.53. The first-order chi connectivity index (χ1) is 8.63. The molecule has 1 atom stereocenters. The molecule has 0 radical (unpaired) electrons. The fraction of sp³-hybridized carbons (Fsp3) is 0.571. The summed E-state index contributed by atoms with van der Waals surface area (Å²) in [7, 11) is 0. The Kier molecular flexibility index (Phi) is 6.80. The third-order valence-electron chi connectivity index (χ3n) is 3.10. The van der Waals surface area contributed by atoms with Crippen LogP contribution >= 0.6 is 11.8 Å². The van der Waals surface area contributed by atoms with E-state index in [-0.39, 0.29) is 10.6 Å². The predicted octanol–water partition coefficient (Wildman–Crippen LogP) is 4.90. The van der Waals surface area contributed by atoms with E-state index in [9.17, 15) is 10.1 Å². The smallest absolute Gasteiger partial charge is 0.258 e. The van der Waals surface area contributed by atoms with Crippen LogP contribution in [0.15, 0.2) is 29.2 Å². The standard InChI is InChI=1S/C14H21NO2S/c1-3-12(2)6-4-5-11-18-14-9-7-13(8-10-14)15(16)17/h7-10,12H,3-6,11H2,1-2H3/t12-/m1/s1. The highest BCUT2D eigenvalue weighted by atomic mass is 32.2. The van der Waals surface area contributed by atoms with Gasteiger partial charge in [0.2, 0.25) is 0 Å². The first-order valence-corrected chi connectivity index (χ1v) is 7.49. The van der Waals surface area contributed by atoms with Crippen molar-refractivity contribution in [1.29, 1.82) is 0 Å². The van der Waals surface area contributed by atoms with E-state index >= 15 is 0 Å². The lowest BCUT2D eigenvalue weighted by Crippen LogP contribution is -1.92. The minimum absolute atomic E-state index is 0.163. The molecular formula is C14H21NO2S. The molecule has 4 heteroatoms. The van der Waals surface area contributed by atoms with Crippen LogP contribution in [-0.2, 0) is 0 Å². The molecule has 0 aromatic heterocycles. The number of rotatable bonds is 8. The van der Waals surface area contributed by atoms with Crippen molar-refractivity contribution >= 4 is 17.4 Å². The molecule has 0 amide bonds. The minimum Gasteiger partial charge on any atom is -0.258 e. The summed E-state index contributed by atoms with van der Waals surface area (Å²) in [4.78, 5) is 11.3. The maximum absolute atomic E-state index is 10.5. The molecule has 1 aromatic carbocycles. The highest BCUT2D eigenvalue weighted by molar-refractivity contribution is 7.99. The summed E-state index contributed by atoms with van der Waals surface area (Å²) < 4.78 is 0. The predicted molar refractivity (Wildman–Crippen MR) is 77.1 cm³/mol. The van der Waals surface area contributed by atoms with Crippen molar-refractivity contribution in [2.75, 3.05) is 5.75 Å². The van der Waals surface area contributed by atoms with Crippen LogP contribution in [0.1, 0.15) is 39.5 Å². The van der Waals surface area contributed by atoms with E-state index in [1.165, 1.54) is 25.7 Å². The average molecular weight is 267 g/mol. The van der Waals surface area contributed by atoms with E-state index in [2.05, 4.69) is 13.8 Å². The lowest BCUT2D eigenvalue weighted by molar-refractivity contribution is -0.384. The molecule has 100 valence electrons. The minimum atomic E-state index is -0.361. The fourth-order valence-electron chi connectivity index (χ4n) is 1.65. The molecule has 0 bridgehead atoms. The van der Waals surface area contributed by atoms with Crippen molar-refractivity contribution in [3.63, 3.8) is 0 Å². The average Bonchev–Trinajstić information content (AvgIpc) is 2.38. The molecule has 0 fully saturated rings. The molecule has 1 rings (SSSR count). The third-order valence-corrected chi connectivity index (χ3v) is 4.20. The molecule has 1 aromatic rings. The quantitative estimate of drug-likeness (QED) is 0.291. The molecular weight excluding hydrogens is 246 g/mol. The monoisotopic (exact) mass is 267 g/mol. The third kappa shape index (κ3) is 5.54. The van der Waals surface area contributed by atoms with Gasteiger partial charge in [-0.15, -0.1) is 11.8 Å².